The minimum Gasteiger partial charge on any atom is -0.455 e. The maximum Gasteiger partial charge on any atom is 0.331 e. The third kappa shape index (κ3) is 7.14. The highest BCUT2D eigenvalue weighted by atomic mass is 16.8. The molecule has 1 N–H and O–H groups in total. The van der Waals surface area contributed by atoms with Crippen molar-refractivity contribution in [2.75, 3.05) is 0 Å². The lowest BCUT2D eigenvalue weighted by Crippen LogP contribution is -2.63. The van der Waals surface area contributed by atoms with Gasteiger partial charge in [-0.25, -0.2) is 4.79 Å². The number of esters is 3. The van der Waals surface area contributed by atoms with Gasteiger partial charge in [-0.05, 0) is 61.9 Å². The maximum absolute atomic E-state index is 12.9. The van der Waals surface area contributed by atoms with Gasteiger partial charge in [0.1, 0.15) is 6.10 Å². The first kappa shape index (κ1) is 33.5. The predicted octanol–water partition coefficient (Wildman–Crippen LogP) is 6.26. The van der Waals surface area contributed by atoms with Gasteiger partial charge in [0.25, 0.3) is 0 Å². The summed E-state index contributed by atoms with van der Waals surface area (Å²) in [7, 11) is 0. The molecule has 1 saturated heterocycles. The van der Waals surface area contributed by atoms with Crippen LogP contribution in [0.4, 0.5) is 0 Å². The molecule has 0 amide bonds. The first-order chi connectivity index (χ1) is 19.9. The van der Waals surface area contributed by atoms with Crippen molar-refractivity contribution in [3.63, 3.8) is 0 Å². The molecule has 3 rings (SSSR count). The second-order valence-electron chi connectivity index (χ2n) is 12.1. The summed E-state index contributed by atoms with van der Waals surface area (Å²) >= 11 is 0. The van der Waals surface area contributed by atoms with Gasteiger partial charge >= 0.3 is 17.9 Å². The Labute approximate surface area is 250 Å². The molecule has 232 valence electrons. The second kappa shape index (κ2) is 14.5. The van der Waals surface area contributed by atoms with Crippen LogP contribution in [0, 0.1) is 22.7 Å². The number of ether oxygens (including phenoxy) is 4. The molecule has 1 saturated carbocycles. The lowest BCUT2D eigenvalue weighted by Gasteiger charge is -2.60. The van der Waals surface area contributed by atoms with E-state index in [0.717, 1.165) is 24.8 Å². The van der Waals surface area contributed by atoms with E-state index in [1.807, 2.05) is 12.2 Å². The number of aliphatic hydroxyl groups excluding tert-OH is 1. The number of carbonyl (C=O) groups excluding carboxylic acids is 3. The number of carbonyl (C=O) groups is 3. The third-order valence-electron chi connectivity index (χ3n) is 9.39. The van der Waals surface area contributed by atoms with E-state index in [1.165, 1.54) is 26.3 Å². The zero-order valence-electron chi connectivity index (χ0n) is 25.8. The molecule has 1 heterocycles. The van der Waals surface area contributed by atoms with Gasteiger partial charge in [0, 0.05) is 25.5 Å². The van der Waals surface area contributed by atoms with Crippen molar-refractivity contribution in [2.45, 2.75) is 111 Å². The van der Waals surface area contributed by atoms with Gasteiger partial charge < -0.3 is 19.3 Å². The van der Waals surface area contributed by atoms with E-state index < -0.39 is 53.5 Å². The van der Waals surface area contributed by atoms with Gasteiger partial charge in [0.05, 0.1) is 11.5 Å². The van der Waals surface area contributed by atoms with E-state index in [2.05, 4.69) is 33.9 Å². The van der Waals surface area contributed by atoms with Gasteiger partial charge in [-0.1, -0.05) is 76.6 Å². The average molecular weight is 585 g/mol. The van der Waals surface area contributed by atoms with Crippen LogP contribution in [-0.2, 0) is 33.3 Å². The first-order valence-electron chi connectivity index (χ1n) is 15.1. The van der Waals surface area contributed by atoms with E-state index in [1.54, 1.807) is 18.2 Å². The number of aliphatic hydroxyl groups is 1. The topological polar surface area (TPSA) is 108 Å². The summed E-state index contributed by atoms with van der Waals surface area (Å²) in [5.41, 5.74) is -0.254. The van der Waals surface area contributed by atoms with Crippen molar-refractivity contribution in [2.24, 2.45) is 22.7 Å². The van der Waals surface area contributed by atoms with Crippen LogP contribution in [0.15, 0.2) is 60.8 Å². The number of hydrogen-bond donors (Lipinski definition) is 1. The number of hydrogen-bond acceptors (Lipinski definition) is 8. The highest BCUT2D eigenvalue weighted by molar-refractivity contribution is 5.82. The van der Waals surface area contributed by atoms with Gasteiger partial charge in [0.15, 0.2) is 0 Å². The number of unbranched alkanes of at least 4 members (excludes halogenated alkanes) is 3. The van der Waals surface area contributed by atoms with Crippen LogP contribution in [0.25, 0.3) is 0 Å². The van der Waals surface area contributed by atoms with Gasteiger partial charge in [-0.15, -0.1) is 0 Å². The third-order valence-corrected chi connectivity index (χ3v) is 9.39. The molecule has 0 aromatic heterocycles. The minimum atomic E-state index is -1.20. The Hall–Kier alpha value is -2.97. The number of rotatable bonds is 13. The summed E-state index contributed by atoms with van der Waals surface area (Å²) < 4.78 is 23.3. The lowest BCUT2D eigenvalue weighted by atomic mass is 9.45. The fourth-order valence-corrected chi connectivity index (χ4v) is 7.02. The molecule has 0 radical (unpaired) electrons. The molecule has 8 heteroatoms. The molecule has 42 heavy (non-hydrogen) atoms. The summed E-state index contributed by atoms with van der Waals surface area (Å²) in [6.07, 6.45) is 12.9. The molecule has 1 spiro atoms. The van der Waals surface area contributed by atoms with Crippen LogP contribution in [0.5, 0.6) is 0 Å². The Morgan fingerprint density at radius 1 is 1.12 bits per heavy atom. The Balaban J connectivity index is 2.03. The molecule has 0 unspecified atom stereocenters. The monoisotopic (exact) mass is 584 g/mol. The van der Waals surface area contributed by atoms with E-state index in [-0.39, 0.29) is 11.8 Å². The van der Waals surface area contributed by atoms with Crippen LogP contribution in [0.2, 0.25) is 0 Å². The van der Waals surface area contributed by atoms with Crippen molar-refractivity contribution < 1.29 is 38.4 Å². The highest BCUT2D eigenvalue weighted by Crippen LogP contribution is 2.67. The standard InChI is InChI=1S/C34H48O8/c1-8-10-11-12-13-14-15-16-30(38)41-26-20-27-31(39-24(5)35)42-32(40-25(6)36)34(27)28(21-26)33(7,18-17-22(3)9-2)23(4)19-29(34)37/h9,13-16,20,23,26,28-29,31-32,37H,2-3,8,10-12,17-19,21H2,1,4-7H3/b14-13-,16-15-/t23-,26+,28+,29-,31-,32-,33+,34-/m0/s1. The molecule has 0 aromatic carbocycles. The summed E-state index contributed by atoms with van der Waals surface area (Å²) in [5, 5.41) is 11.8. The van der Waals surface area contributed by atoms with Crippen molar-refractivity contribution in [1.82, 2.24) is 0 Å². The zero-order chi connectivity index (χ0) is 31.1. The average Bonchev–Trinajstić information content (AvgIpc) is 3.21. The quantitative estimate of drug-likeness (QED) is 0.0675. The smallest absolute Gasteiger partial charge is 0.331 e. The van der Waals surface area contributed by atoms with Crippen LogP contribution in [0.3, 0.4) is 0 Å². The van der Waals surface area contributed by atoms with Crippen LogP contribution in [0.1, 0.15) is 86.0 Å². The van der Waals surface area contributed by atoms with Crippen LogP contribution < -0.4 is 0 Å². The molecule has 2 aliphatic carbocycles. The zero-order valence-corrected chi connectivity index (χ0v) is 25.8. The molecule has 0 aromatic rings. The van der Waals surface area contributed by atoms with E-state index in [0.29, 0.717) is 31.3 Å². The van der Waals surface area contributed by atoms with E-state index >= 15 is 0 Å². The first-order valence-corrected chi connectivity index (χ1v) is 15.1. The SMILES string of the molecule is C=CC(=C)CC[C@@]1(C)[C@H]2C[C@H](OC(=O)/C=C\C=C/CCCCC)C=C3[C@@H](OC(C)=O)O[C@H](OC(C)=O)[C@@]32[C@@H](O)C[C@@H]1C. The molecule has 0 bridgehead atoms. The van der Waals surface area contributed by atoms with Crippen molar-refractivity contribution in [3.8, 4) is 0 Å². The predicted molar refractivity (Wildman–Crippen MR) is 160 cm³/mol. The molecule has 8 nitrogen and oxygen atoms in total. The summed E-state index contributed by atoms with van der Waals surface area (Å²) in [5.74, 6) is -1.97. The van der Waals surface area contributed by atoms with Gasteiger partial charge in [0.2, 0.25) is 12.6 Å². The van der Waals surface area contributed by atoms with Gasteiger partial charge in [-0.3, -0.25) is 14.3 Å². The largest absolute Gasteiger partial charge is 0.455 e. The Kier molecular flexibility index (Phi) is 11.6. The van der Waals surface area contributed by atoms with Crippen molar-refractivity contribution >= 4 is 17.9 Å². The van der Waals surface area contributed by atoms with Crippen LogP contribution in [-0.4, -0.2) is 47.8 Å². The molecule has 1 aliphatic heterocycles. The summed E-state index contributed by atoms with van der Waals surface area (Å²) in [4.78, 5) is 37.2. The fourth-order valence-electron chi connectivity index (χ4n) is 7.02. The summed E-state index contributed by atoms with van der Waals surface area (Å²) in [6, 6.07) is 0. The Morgan fingerprint density at radius 3 is 2.48 bits per heavy atom. The molecular weight excluding hydrogens is 536 g/mol. The molecule has 3 aliphatic rings. The van der Waals surface area contributed by atoms with E-state index in [9.17, 15) is 19.5 Å². The molecular formula is C34H48O8. The van der Waals surface area contributed by atoms with Crippen molar-refractivity contribution in [3.05, 3.63) is 60.8 Å². The maximum atomic E-state index is 12.9. The molecule has 8 atom stereocenters. The Bertz CT molecular complexity index is 1120. The van der Waals surface area contributed by atoms with Crippen molar-refractivity contribution in [1.29, 1.82) is 0 Å². The fraction of sp³-hybridized carbons (Fsp3) is 0.618. The number of allylic oxidation sites excluding steroid dienone is 5. The Morgan fingerprint density at radius 2 is 1.83 bits per heavy atom. The molecule has 2 fully saturated rings. The highest BCUT2D eigenvalue weighted by Gasteiger charge is 2.71. The normalized spacial score (nSPS) is 33.9. The lowest BCUT2D eigenvalue weighted by molar-refractivity contribution is -0.254. The second-order valence-corrected chi connectivity index (χ2v) is 12.1. The summed E-state index contributed by atoms with van der Waals surface area (Å²) in [6.45, 7) is 16.9. The van der Waals surface area contributed by atoms with Gasteiger partial charge in [-0.2, -0.15) is 0 Å². The van der Waals surface area contributed by atoms with E-state index in [4.69, 9.17) is 18.9 Å². The minimum absolute atomic E-state index is 0.0555. The van der Waals surface area contributed by atoms with Crippen LogP contribution >= 0.6 is 0 Å².